The molecule has 0 aliphatic heterocycles. The number of sulfonamides is 1. The van der Waals surface area contributed by atoms with Crippen LogP contribution in [0.15, 0.2) is 53.4 Å². The van der Waals surface area contributed by atoms with E-state index in [1.54, 1.807) is 12.1 Å². The summed E-state index contributed by atoms with van der Waals surface area (Å²) in [6.07, 6.45) is 0.450. The molecule has 5 N–H and O–H groups in total. The van der Waals surface area contributed by atoms with Crippen molar-refractivity contribution in [3.05, 3.63) is 48.5 Å². The summed E-state index contributed by atoms with van der Waals surface area (Å²) in [7, 11) is -3.72. The number of nitrogens with zero attached hydrogens (tertiary/aromatic N) is 1. The molecule has 0 aromatic heterocycles. The fourth-order valence-electron chi connectivity index (χ4n) is 1.66. The van der Waals surface area contributed by atoms with Crippen molar-refractivity contribution in [3.8, 4) is 0 Å². The summed E-state index contributed by atoms with van der Waals surface area (Å²) < 4.78 is 26.8. The Balaban J connectivity index is 2.23. The lowest BCUT2D eigenvalue weighted by Crippen LogP contribution is -2.28. The molecule has 2 rings (SSSR count). The summed E-state index contributed by atoms with van der Waals surface area (Å²) in [5, 5.41) is 0.885. The first-order valence-electron chi connectivity index (χ1n) is 5.90. The van der Waals surface area contributed by atoms with Gasteiger partial charge < -0.3 is 5.73 Å². The van der Waals surface area contributed by atoms with Crippen molar-refractivity contribution in [2.45, 2.75) is 4.90 Å². The fraction of sp³-hybridized carbons (Fsp3) is 0. The molecule has 0 unspecified atom stereocenters. The zero-order valence-corrected chi connectivity index (χ0v) is 11.7. The third-order valence-electron chi connectivity index (χ3n) is 2.70. The third-order valence-corrected chi connectivity index (χ3v) is 4.08. The van der Waals surface area contributed by atoms with Gasteiger partial charge in [0.1, 0.15) is 0 Å². The maximum Gasteiger partial charge on any atom is 0.261 e. The van der Waals surface area contributed by atoms with Crippen molar-refractivity contribution in [2.24, 2.45) is 5.84 Å². The number of anilines is 3. The van der Waals surface area contributed by atoms with Crippen molar-refractivity contribution in [3.63, 3.8) is 0 Å². The third kappa shape index (κ3) is 3.50. The van der Waals surface area contributed by atoms with Gasteiger partial charge in [0.2, 0.25) is 6.41 Å². The number of amides is 1. The van der Waals surface area contributed by atoms with Crippen LogP contribution in [-0.2, 0) is 14.8 Å². The van der Waals surface area contributed by atoms with Crippen LogP contribution >= 0.6 is 0 Å². The highest BCUT2D eigenvalue weighted by Crippen LogP contribution is 2.20. The normalized spacial score (nSPS) is 10.9. The minimum absolute atomic E-state index is 0.0694. The predicted octanol–water partition coefficient (Wildman–Crippen LogP) is 0.906. The first kappa shape index (κ1) is 14.8. The van der Waals surface area contributed by atoms with E-state index in [2.05, 4.69) is 4.72 Å². The Hall–Kier alpha value is -2.58. The van der Waals surface area contributed by atoms with Gasteiger partial charge >= 0.3 is 0 Å². The summed E-state index contributed by atoms with van der Waals surface area (Å²) in [4.78, 5) is 10.6. The molecular weight excluding hydrogens is 292 g/mol. The van der Waals surface area contributed by atoms with Gasteiger partial charge in [0.25, 0.3) is 10.0 Å². The minimum Gasteiger partial charge on any atom is -0.399 e. The molecule has 0 saturated heterocycles. The highest BCUT2D eigenvalue weighted by Gasteiger charge is 2.14. The number of hydrogen-bond acceptors (Lipinski definition) is 5. The van der Waals surface area contributed by atoms with Gasteiger partial charge in [-0.2, -0.15) is 0 Å². The number of nitrogens with one attached hydrogen (secondary N) is 1. The summed E-state index contributed by atoms with van der Waals surface area (Å²) in [5.41, 5.74) is 6.72. The maximum absolute atomic E-state index is 12.2. The first-order valence-corrected chi connectivity index (χ1v) is 7.38. The Labute approximate surface area is 122 Å². The van der Waals surface area contributed by atoms with Crippen molar-refractivity contribution in [2.75, 3.05) is 15.5 Å². The number of benzene rings is 2. The molecule has 0 bridgehead atoms. The molecule has 2 aromatic carbocycles. The average molecular weight is 306 g/mol. The van der Waals surface area contributed by atoms with E-state index in [0.717, 1.165) is 5.01 Å². The largest absolute Gasteiger partial charge is 0.399 e. The zero-order chi connectivity index (χ0) is 15.5. The fourth-order valence-corrected chi connectivity index (χ4v) is 2.77. The number of carbonyl (C=O) groups is 1. The lowest BCUT2D eigenvalue weighted by atomic mass is 10.3. The Morgan fingerprint density at radius 3 is 2.33 bits per heavy atom. The van der Waals surface area contributed by atoms with Crippen LogP contribution in [0.1, 0.15) is 0 Å². The van der Waals surface area contributed by atoms with E-state index in [1.165, 1.54) is 36.4 Å². The Morgan fingerprint density at radius 2 is 1.76 bits per heavy atom. The quantitative estimate of drug-likeness (QED) is 0.249. The zero-order valence-electron chi connectivity index (χ0n) is 10.9. The molecular formula is C13H14N4O3S. The second-order valence-electron chi connectivity index (χ2n) is 4.24. The van der Waals surface area contributed by atoms with Crippen LogP contribution in [-0.4, -0.2) is 14.8 Å². The summed E-state index contributed by atoms with van der Waals surface area (Å²) in [5.74, 6) is 5.39. The van der Waals surface area contributed by atoms with Gasteiger partial charge in [0.05, 0.1) is 10.6 Å². The number of nitrogens with two attached hydrogens (primary N) is 2. The summed E-state index contributed by atoms with van der Waals surface area (Å²) >= 11 is 0. The standard InChI is InChI=1S/C13H14N4O3S/c14-10-2-1-3-13(8-10)21(19,20)16-11-4-6-12(7-5-11)17(15)9-18/h1-9,16H,14-15H2. The smallest absolute Gasteiger partial charge is 0.261 e. The van der Waals surface area contributed by atoms with E-state index in [1.807, 2.05) is 0 Å². The number of rotatable bonds is 5. The highest BCUT2D eigenvalue weighted by atomic mass is 32.2. The van der Waals surface area contributed by atoms with Crippen LogP contribution in [0.3, 0.4) is 0 Å². The van der Waals surface area contributed by atoms with Crippen LogP contribution in [0.5, 0.6) is 0 Å². The minimum atomic E-state index is -3.72. The molecule has 0 aliphatic carbocycles. The van der Waals surface area contributed by atoms with Gasteiger partial charge in [-0.15, -0.1) is 0 Å². The van der Waals surface area contributed by atoms with E-state index in [9.17, 15) is 13.2 Å². The van der Waals surface area contributed by atoms with Crippen molar-refractivity contribution >= 4 is 33.5 Å². The van der Waals surface area contributed by atoms with E-state index in [-0.39, 0.29) is 4.90 Å². The van der Waals surface area contributed by atoms with Gasteiger partial charge in [-0.05, 0) is 42.5 Å². The molecule has 0 heterocycles. The van der Waals surface area contributed by atoms with Crippen LogP contribution in [0.2, 0.25) is 0 Å². The molecule has 0 spiro atoms. The lowest BCUT2D eigenvalue weighted by molar-refractivity contribution is -0.107. The van der Waals surface area contributed by atoms with Crippen molar-refractivity contribution in [1.29, 1.82) is 0 Å². The molecule has 2 aromatic rings. The number of hydrazine groups is 1. The van der Waals surface area contributed by atoms with Gasteiger partial charge in [0, 0.05) is 11.4 Å². The van der Waals surface area contributed by atoms with Crippen LogP contribution < -0.4 is 21.3 Å². The molecule has 21 heavy (non-hydrogen) atoms. The molecule has 7 nitrogen and oxygen atoms in total. The van der Waals surface area contributed by atoms with Gasteiger partial charge in [-0.3, -0.25) is 14.5 Å². The van der Waals surface area contributed by atoms with E-state index in [4.69, 9.17) is 11.6 Å². The second-order valence-corrected chi connectivity index (χ2v) is 5.92. The SMILES string of the molecule is Nc1cccc(S(=O)(=O)Nc2ccc(N(N)C=O)cc2)c1. The molecule has 110 valence electrons. The van der Waals surface area contributed by atoms with E-state index in [0.29, 0.717) is 23.5 Å². The predicted molar refractivity (Wildman–Crippen MR) is 80.8 cm³/mol. The Kier molecular flexibility index (Phi) is 4.10. The monoisotopic (exact) mass is 306 g/mol. The lowest BCUT2D eigenvalue weighted by Gasteiger charge is -2.12. The van der Waals surface area contributed by atoms with Crippen LogP contribution in [0.4, 0.5) is 17.1 Å². The number of nitrogen functional groups attached to an aromatic ring is 1. The average Bonchev–Trinajstić information content (AvgIpc) is 2.47. The van der Waals surface area contributed by atoms with Crippen molar-refractivity contribution < 1.29 is 13.2 Å². The summed E-state index contributed by atoms with van der Waals surface area (Å²) in [6.45, 7) is 0. The van der Waals surface area contributed by atoms with E-state index < -0.39 is 10.0 Å². The Morgan fingerprint density at radius 1 is 1.10 bits per heavy atom. The second kappa shape index (κ2) is 5.81. The van der Waals surface area contributed by atoms with Gasteiger partial charge in [0.15, 0.2) is 0 Å². The molecule has 0 atom stereocenters. The first-order chi connectivity index (χ1) is 9.92. The maximum atomic E-state index is 12.2. The molecule has 0 fully saturated rings. The molecule has 0 saturated carbocycles. The molecule has 0 radical (unpaired) electrons. The van der Waals surface area contributed by atoms with Crippen LogP contribution in [0.25, 0.3) is 0 Å². The topological polar surface area (TPSA) is 119 Å². The van der Waals surface area contributed by atoms with Gasteiger partial charge in [-0.25, -0.2) is 14.3 Å². The Bertz CT molecular complexity index is 744. The van der Waals surface area contributed by atoms with Crippen LogP contribution in [0, 0.1) is 0 Å². The number of carbonyl (C=O) groups excluding carboxylic acids is 1. The van der Waals surface area contributed by atoms with E-state index >= 15 is 0 Å². The molecule has 0 aliphatic rings. The summed E-state index contributed by atoms with van der Waals surface area (Å²) in [6, 6.07) is 12.0. The van der Waals surface area contributed by atoms with Gasteiger partial charge in [-0.1, -0.05) is 6.07 Å². The number of hydrogen-bond donors (Lipinski definition) is 3. The molecule has 8 heteroatoms. The highest BCUT2D eigenvalue weighted by molar-refractivity contribution is 7.92. The molecule has 1 amide bonds. The van der Waals surface area contributed by atoms with Crippen molar-refractivity contribution in [1.82, 2.24) is 0 Å².